The predicted molar refractivity (Wildman–Crippen MR) is 105 cm³/mol. The molecule has 0 unspecified atom stereocenters. The maximum Gasteiger partial charge on any atom is 0.348 e. The van der Waals surface area contributed by atoms with Gasteiger partial charge in [0.05, 0.1) is 6.04 Å². The van der Waals surface area contributed by atoms with Crippen molar-refractivity contribution >= 4 is 44.3 Å². The van der Waals surface area contributed by atoms with Gasteiger partial charge in [-0.3, -0.25) is 4.79 Å². The van der Waals surface area contributed by atoms with Crippen LogP contribution in [0.25, 0.3) is 21.1 Å². The molecule has 4 rings (SSSR count). The van der Waals surface area contributed by atoms with E-state index in [0.717, 1.165) is 21.1 Å². The molecule has 0 saturated heterocycles. The fraction of sp³-hybridized carbons (Fsp3) is 0.143. The summed E-state index contributed by atoms with van der Waals surface area (Å²) in [6, 6.07) is 18.7. The lowest BCUT2D eigenvalue weighted by Gasteiger charge is -2.11. The molecule has 0 spiro atoms. The van der Waals surface area contributed by atoms with Crippen LogP contribution in [-0.2, 0) is 9.53 Å². The van der Waals surface area contributed by atoms with Crippen molar-refractivity contribution in [3.05, 3.63) is 71.3 Å². The SMILES string of the molecule is C[C@H](NC(=O)COC(=O)c1cc2ccccc2s1)c1cc2ccccc2o1. The van der Waals surface area contributed by atoms with Crippen LogP contribution in [0.1, 0.15) is 28.4 Å². The molecule has 1 amide bonds. The minimum Gasteiger partial charge on any atom is -0.459 e. The maximum absolute atomic E-state index is 12.2. The number of hydrogen-bond donors (Lipinski definition) is 1. The zero-order valence-electron chi connectivity index (χ0n) is 14.6. The minimum absolute atomic E-state index is 0.326. The normalized spacial score (nSPS) is 12.2. The van der Waals surface area contributed by atoms with Crippen molar-refractivity contribution in [2.24, 2.45) is 0 Å². The second kappa shape index (κ2) is 7.25. The van der Waals surface area contributed by atoms with E-state index in [2.05, 4.69) is 5.32 Å². The van der Waals surface area contributed by atoms with Crippen molar-refractivity contribution in [2.45, 2.75) is 13.0 Å². The molecule has 0 aliphatic heterocycles. The van der Waals surface area contributed by atoms with Gasteiger partial charge in [0.1, 0.15) is 16.2 Å². The second-order valence-electron chi connectivity index (χ2n) is 6.20. The summed E-state index contributed by atoms with van der Waals surface area (Å²) in [6.07, 6.45) is 0. The number of fused-ring (bicyclic) bond motifs is 2. The third-order valence-electron chi connectivity index (χ3n) is 4.21. The Kier molecular flexibility index (Phi) is 4.64. The van der Waals surface area contributed by atoms with Gasteiger partial charge in [-0.05, 0) is 36.6 Å². The fourth-order valence-electron chi connectivity index (χ4n) is 2.85. The number of rotatable bonds is 5. The number of para-hydroxylation sites is 1. The number of thiophene rings is 1. The van der Waals surface area contributed by atoms with Crippen LogP contribution >= 0.6 is 11.3 Å². The van der Waals surface area contributed by atoms with Gasteiger partial charge in [0, 0.05) is 10.1 Å². The molecule has 136 valence electrons. The van der Waals surface area contributed by atoms with Crippen LogP contribution in [0.5, 0.6) is 0 Å². The average Bonchev–Trinajstić information content (AvgIpc) is 3.30. The molecular weight excluding hydrogens is 362 g/mol. The number of ether oxygens (including phenoxy) is 1. The first-order chi connectivity index (χ1) is 13.1. The third-order valence-corrected chi connectivity index (χ3v) is 5.31. The Morgan fingerprint density at radius 1 is 1.07 bits per heavy atom. The Morgan fingerprint density at radius 2 is 1.81 bits per heavy atom. The highest BCUT2D eigenvalue weighted by Gasteiger charge is 2.17. The average molecular weight is 379 g/mol. The number of carbonyl (C=O) groups is 2. The van der Waals surface area contributed by atoms with E-state index in [0.29, 0.717) is 10.6 Å². The van der Waals surface area contributed by atoms with Gasteiger partial charge >= 0.3 is 5.97 Å². The van der Waals surface area contributed by atoms with Crippen molar-refractivity contribution in [2.75, 3.05) is 6.61 Å². The summed E-state index contributed by atoms with van der Waals surface area (Å²) < 4.78 is 11.9. The molecule has 0 aliphatic carbocycles. The summed E-state index contributed by atoms with van der Waals surface area (Å²) in [6.45, 7) is 1.49. The number of hydrogen-bond acceptors (Lipinski definition) is 5. The molecule has 0 fully saturated rings. The van der Waals surface area contributed by atoms with E-state index in [4.69, 9.17) is 9.15 Å². The summed E-state index contributed by atoms with van der Waals surface area (Å²) in [4.78, 5) is 24.8. The monoisotopic (exact) mass is 379 g/mol. The molecule has 2 aromatic heterocycles. The number of benzene rings is 2. The van der Waals surface area contributed by atoms with Gasteiger partial charge in [-0.25, -0.2) is 4.79 Å². The van der Waals surface area contributed by atoms with E-state index in [1.54, 1.807) is 6.07 Å². The molecule has 0 aliphatic rings. The molecule has 2 aromatic carbocycles. The lowest BCUT2D eigenvalue weighted by atomic mass is 10.2. The number of carbonyl (C=O) groups excluding carboxylic acids is 2. The van der Waals surface area contributed by atoms with E-state index in [1.807, 2.05) is 61.5 Å². The lowest BCUT2D eigenvalue weighted by Crippen LogP contribution is -2.30. The smallest absolute Gasteiger partial charge is 0.348 e. The van der Waals surface area contributed by atoms with Gasteiger partial charge < -0.3 is 14.5 Å². The van der Waals surface area contributed by atoms with Crippen LogP contribution in [-0.4, -0.2) is 18.5 Å². The summed E-state index contributed by atoms with van der Waals surface area (Å²) in [5.74, 6) is -0.222. The number of esters is 1. The molecule has 1 N–H and O–H groups in total. The zero-order chi connectivity index (χ0) is 18.8. The minimum atomic E-state index is -0.497. The van der Waals surface area contributed by atoms with Gasteiger partial charge in [-0.15, -0.1) is 11.3 Å². The van der Waals surface area contributed by atoms with Crippen LogP contribution in [0, 0.1) is 0 Å². The third kappa shape index (κ3) is 3.71. The van der Waals surface area contributed by atoms with Crippen LogP contribution < -0.4 is 5.32 Å². The van der Waals surface area contributed by atoms with Crippen molar-refractivity contribution in [1.82, 2.24) is 5.32 Å². The molecule has 0 bridgehead atoms. The van der Waals surface area contributed by atoms with E-state index in [-0.39, 0.29) is 18.6 Å². The van der Waals surface area contributed by atoms with E-state index >= 15 is 0 Å². The topological polar surface area (TPSA) is 68.5 Å². The van der Waals surface area contributed by atoms with E-state index < -0.39 is 5.97 Å². The van der Waals surface area contributed by atoms with Crippen LogP contribution in [0.15, 0.2) is 65.1 Å². The summed E-state index contributed by atoms with van der Waals surface area (Å²) in [7, 11) is 0. The molecule has 2 heterocycles. The van der Waals surface area contributed by atoms with Gasteiger partial charge in [-0.1, -0.05) is 36.4 Å². The first kappa shape index (κ1) is 17.3. The Hall–Kier alpha value is -3.12. The molecule has 0 saturated carbocycles. The summed E-state index contributed by atoms with van der Waals surface area (Å²) >= 11 is 1.35. The van der Waals surface area contributed by atoms with Crippen molar-refractivity contribution in [1.29, 1.82) is 0 Å². The molecule has 0 radical (unpaired) electrons. The van der Waals surface area contributed by atoms with Gasteiger partial charge in [0.15, 0.2) is 6.61 Å². The molecule has 27 heavy (non-hydrogen) atoms. The highest BCUT2D eigenvalue weighted by atomic mass is 32.1. The zero-order valence-corrected chi connectivity index (χ0v) is 15.4. The Morgan fingerprint density at radius 3 is 2.59 bits per heavy atom. The van der Waals surface area contributed by atoms with Crippen LogP contribution in [0.3, 0.4) is 0 Å². The van der Waals surface area contributed by atoms with Crippen molar-refractivity contribution in [3.8, 4) is 0 Å². The first-order valence-electron chi connectivity index (χ1n) is 8.54. The molecule has 6 heteroatoms. The highest BCUT2D eigenvalue weighted by molar-refractivity contribution is 7.20. The molecule has 4 aromatic rings. The van der Waals surface area contributed by atoms with E-state index in [1.165, 1.54) is 11.3 Å². The van der Waals surface area contributed by atoms with Gasteiger partial charge in [0.25, 0.3) is 5.91 Å². The predicted octanol–water partition coefficient (Wildman–Crippen LogP) is 4.68. The number of furan rings is 1. The fourth-order valence-corrected chi connectivity index (χ4v) is 3.81. The van der Waals surface area contributed by atoms with Gasteiger partial charge in [-0.2, -0.15) is 0 Å². The van der Waals surface area contributed by atoms with Crippen LogP contribution in [0.4, 0.5) is 0 Å². The maximum atomic E-state index is 12.2. The molecular formula is C21H17NO4S. The number of amides is 1. The van der Waals surface area contributed by atoms with Crippen molar-refractivity contribution in [3.63, 3.8) is 0 Å². The standard InChI is InChI=1S/C21H17NO4S/c1-13(17-10-14-6-2-4-8-16(14)26-17)22-20(23)12-25-21(24)19-11-15-7-3-5-9-18(15)27-19/h2-11,13H,12H2,1H3,(H,22,23)/t13-/m0/s1. The van der Waals surface area contributed by atoms with Crippen LogP contribution in [0.2, 0.25) is 0 Å². The lowest BCUT2D eigenvalue weighted by molar-refractivity contribution is -0.125. The largest absolute Gasteiger partial charge is 0.459 e. The highest BCUT2D eigenvalue weighted by Crippen LogP contribution is 2.26. The summed E-state index contributed by atoms with van der Waals surface area (Å²) in [5.41, 5.74) is 0.768. The number of nitrogens with one attached hydrogen (secondary N) is 1. The molecule has 1 atom stereocenters. The Bertz CT molecular complexity index is 1060. The summed E-state index contributed by atoms with van der Waals surface area (Å²) in [5, 5.41) is 4.74. The Balaban J connectivity index is 1.35. The Labute approximate surface area is 159 Å². The quantitative estimate of drug-likeness (QED) is 0.511. The first-order valence-corrected chi connectivity index (χ1v) is 9.35. The van der Waals surface area contributed by atoms with E-state index in [9.17, 15) is 9.59 Å². The van der Waals surface area contributed by atoms with Crippen molar-refractivity contribution < 1.29 is 18.7 Å². The van der Waals surface area contributed by atoms with Gasteiger partial charge in [0.2, 0.25) is 0 Å². The molecule has 5 nitrogen and oxygen atoms in total. The second-order valence-corrected chi connectivity index (χ2v) is 7.28.